The summed E-state index contributed by atoms with van der Waals surface area (Å²) in [5.74, 6) is 1.61. The van der Waals surface area contributed by atoms with Crippen LogP contribution in [0.3, 0.4) is 0 Å². The highest BCUT2D eigenvalue weighted by Gasteiger charge is 2.22. The van der Waals surface area contributed by atoms with Gasteiger partial charge in [0.2, 0.25) is 5.91 Å². The zero-order valence-corrected chi connectivity index (χ0v) is 14.7. The SMILES string of the molecule is Cc1ccc(C(=O)CCC(=O)N2CCCC(C(C)C)CC2)cc1. The van der Waals surface area contributed by atoms with Gasteiger partial charge in [0.1, 0.15) is 0 Å². The summed E-state index contributed by atoms with van der Waals surface area (Å²) in [4.78, 5) is 26.5. The van der Waals surface area contributed by atoms with Gasteiger partial charge in [0.05, 0.1) is 0 Å². The van der Waals surface area contributed by atoms with Gasteiger partial charge in [0.15, 0.2) is 5.78 Å². The molecular formula is C20H29NO2. The van der Waals surface area contributed by atoms with E-state index in [-0.39, 0.29) is 11.7 Å². The molecule has 1 aromatic carbocycles. The van der Waals surface area contributed by atoms with E-state index in [4.69, 9.17) is 0 Å². The summed E-state index contributed by atoms with van der Waals surface area (Å²) in [6.45, 7) is 8.23. The molecule has 1 aliphatic rings. The van der Waals surface area contributed by atoms with Crippen molar-refractivity contribution in [2.75, 3.05) is 13.1 Å². The van der Waals surface area contributed by atoms with Crippen LogP contribution in [-0.2, 0) is 4.79 Å². The van der Waals surface area contributed by atoms with Crippen LogP contribution in [0, 0.1) is 18.8 Å². The summed E-state index contributed by atoms with van der Waals surface area (Å²) in [6, 6.07) is 7.58. The van der Waals surface area contributed by atoms with Crippen LogP contribution in [0.15, 0.2) is 24.3 Å². The number of nitrogens with zero attached hydrogens (tertiary/aromatic N) is 1. The molecule has 0 spiro atoms. The highest BCUT2D eigenvalue weighted by Crippen LogP contribution is 2.25. The van der Waals surface area contributed by atoms with Crippen LogP contribution in [0.4, 0.5) is 0 Å². The maximum Gasteiger partial charge on any atom is 0.223 e. The number of hydrogen-bond donors (Lipinski definition) is 0. The Morgan fingerprint density at radius 3 is 2.43 bits per heavy atom. The molecule has 0 saturated carbocycles. The quantitative estimate of drug-likeness (QED) is 0.762. The number of rotatable bonds is 5. The van der Waals surface area contributed by atoms with Gasteiger partial charge in [-0.05, 0) is 38.0 Å². The van der Waals surface area contributed by atoms with Crippen LogP contribution in [0.2, 0.25) is 0 Å². The first-order valence-electron chi connectivity index (χ1n) is 8.85. The van der Waals surface area contributed by atoms with Crippen molar-refractivity contribution in [1.82, 2.24) is 4.90 Å². The molecule has 126 valence electrons. The normalized spacial score (nSPS) is 18.8. The number of carbonyl (C=O) groups excluding carboxylic acids is 2. The van der Waals surface area contributed by atoms with E-state index in [0.717, 1.165) is 37.4 Å². The van der Waals surface area contributed by atoms with Crippen LogP contribution in [0.25, 0.3) is 0 Å². The number of aryl methyl sites for hydroxylation is 1. The zero-order chi connectivity index (χ0) is 16.8. The molecule has 0 aliphatic carbocycles. The Hall–Kier alpha value is -1.64. The van der Waals surface area contributed by atoms with E-state index >= 15 is 0 Å². The fraction of sp³-hybridized carbons (Fsp3) is 0.600. The average Bonchev–Trinajstić information content (AvgIpc) is 2.79. The van der Waals surface area contributed by atoms with Crippen molar-refractivity contribution in [3.63, 3.8) is 0 Å². The van der Waals surface area contributed by atoms with Crippen LogP contribution >= 0.6 is 0 Å². The average molecular weight is 315 g/mol. The van der Waals surface area contributed by atoms with Gasteiger partial charge < -0.3 is 4.90 Å². The Balaban J connectivity index is 1.82. The minimum Gasteiger partial charge on any atom is -0.343 e. The lowest BCUT2D eigenvalue weighted by Gasteiger charge is -2.21. The predicted molar refractivity (Wildman–Crippen MR) is 93.5 cm³/mol. The molecule has 0 bridgehead atoms. The Morgan fingerprint density at radius 1 is 1.09 bits per heavy atom. The summed E-state index contributed by atoms with van der Waals surface area (Å²) in [7, 11) is 0. The van der Waals surface area contributed by atoms with Crippen LogP contribution < -0.4 is 0 Å². The molecule has 1 saturated heterocycles. The van der Waals surface area contributed by atoms with Crippen molar-refractivity contribution < 1.29 is 9.59 Å². The third kappa shape index (κ3) is 5.19. The fourth-order valence-electron chi connectivity index (χ4n) is 3.30. The first-order chi connectivity index (χ1) is 11.0. The molecule has 0 radical (unpaired) electrons. The minimum absolute atomic E-state index is 0.0632. The summed E-state index contributed by atoms with van der Waals surface area (Å²) in [5, 5.41) is 0. The number of benzene rings is 1. The summed E-state index contributed by atoms with van der Waals surface area (Å²) in [6.07, 6.45) is 4.03. The van der Waals surface area contributed by atoms with Crippen molar-refractivity contribution >= 4 is 11.7 Å². The summed E-state index contributed by atoms with van der Waals surface area (Å²) >= 11 is 0. The molecule has 0 aromatic heterocycles. The second-order valence-corrected chi connectivity index (χ2v) is 7.10. The molecule has 23 heavy (non-hydrogen) atoms. The minimum atomic E-state index is 0.0632. The van der Waals surface area contributed by atoms with Crippen molar-refractivity contribution in [1.29, 1.82) is 0 Å². The van der Waals surface area contributed by atoms with E-state index in [1.165, 1.54) is 6.42 Å². The molecule has 1 atom stereocenters. The van der Waals surface area contributed by atoms with E-state index in [9.17, 15) is 9.59 Å². The maximum atomic E-state index is 12.4. The molecule has 1 amide bonds. The second-order valence-electron chi connectivity index (χ2n) is 7.10. The Bertz CT molecular complexity index is 533. The number of ketones is 1. The fourth-order valence-corrected chi connectivity index (χ4v) is 3.30. The monoisotopic (exact) mass is 315 g/mol. The highest BCUT2D eigenvalue weighted by atomic mass is 16.2. The van der Waals surface area contributed by atoms with Gasteiger partial charge in [-0.15, -0.1) is 0 Å². The lowest BCUT2D eigenvalue weighted by atomic mass is 9.89. The molecule has 1 fully saturated rings. The number of Topliss-reactive ketones (excluding diaryl/α,β-unsaturated/α-hetero) is 1. The van der Waals surface area contributed by atoms with Gasteiger partial charge in [-0.3, -0.25) is 9.59 Å². The van der Waals surface area contributed by atoms with Crippen molar-refractivity contribution in [3.05, 3.63) is 35.4 Å². The van der Waals surface area contributed by atoms with Gasteiger partial charge in [0, 0.05) is 31.5 Å². The smallest absolute Gasteiger partial charge is 0.223 e. The Morgan fingerprint density at radius 2 is 1.78 bits per heavy atom. The molecule has 1 heterocycles. The number of likely N-dealkylation sites (tertiary alicyclic amines) is 1. The van der Waals surface area contributed by atoms with Gasteiger partial charge in [-0.1, -0.05) is 43.7 Å². The van der Waals surface area contributed by atoms with Gasteiger partial charge >= 0.3 is 0 Å². The predicted octanol–water partition coefficient (Wildman–Crippen LogP) is 4.24. The topological polar surface area (TPSA) is 37.4 Å². The molecule has 3 nitrogen and oxygen atoms in total. The number of amides is 1. The molecule has 1 aliphatic heterocycles. The molecule has 1 aromatic rings. The van der Waals surface area contributed by atoms with Crippen LogP contribution in [-0.4, -0.2) is 29.7 Å². The number of hydrogen-bond acceptors (Lipinski definition) is 2. The highest BCUT2D eigenvalue weighted by molar-refractivity contribution is 5.97. The summed E-state index contributed by atoms with van der Waals surface area (Å²) < 4.78 is 0. The van der Waals surface area contributed by atoms with Gasteiger partial charge in [0.25, 0.3) is 0 Å². The lowest BCUT2D eigenvalue weighted by Crippen LogP contribution is -2.32. The standard InChI is InChI=1S/C20H29NO2/c1-15(2)17-5-4-13-21(14-12-17)20(23)11-10-19(22)18-8-6-16(3)7-9-18/h6-9,15,17H,4-5,10-14H2,1-3H3. The first-order valence-corrected chi connectivity index (χ1v) is 8.85. The van der Waals surface area contributed by atoms with Gasteiger partial charge in [-0.25, -0.2) is 0 Å². The van der Waals surface area contributed by atoms with E-state index in [1.807, 2.05) is 36.1 Å². The third-order valence-corrected chi connectivity index (χ3v) is 5.01. The lowest BCUT2D eigenvalue weighted by molar-refractivity contribution is -0.131. The molecule has 3 heteroatoms. The van der Waals surface area contributed by atoms with Gasteiger partial charge in [-0.2, -0.15) is 0 Å². The molecule has 1 unspecified atom stereocenters. The third-order valence-electron chi connectivity index (χ3n) is 5.01. The molecular weight excluding hydrogens is 286 g/mol. The molecule has 2 rings (SSSR count). The van der Waals surface area contributed by atoms with E-state index in [2.05, 4.69) is 13.8 Å². The van der Waals surface area contributed by atoms with E-state index < -0.39 is 0 Å². The first kappa shape index (κ1) is 17.7. The Labute approximate surface area is 140 Å². The van der Waals surface area contributed by atoms with Crippen LogP contribution in [0.5, 0.6) is 0 Å². The van der Waals surface area contributed by atoms with Crippen LogP contribution in [0.1, 0.15) is 61.9 Å². The van der Waals surface area contributed by atoms with Crippen molar-refractivity contribution in [3.8, 4) is 0 Å². The van der Waals surface area contributed by atoms with Crippen molar-refractivity contribution in [2.24, 2.45) is 11.8 Å². The van der Waals surface area contributed by atoms with Crippen molar-refractivity contribution in [2.45, 2.75) is 52.9 Å². The molecule has 0 N–H and O–H groups in total. The van der Waals surface area contributed by atoms with E-state index in [0.29, 0.717) is 24.3 Å². The largest absolute Gasteiger partial charge is 0.343 e. The Kier molecular flexibility index (Phi) is 6.37. The van der Waals surface area contributed by atoms with E-state index in [1.54, 1.807) is 0 Å². The zero-order valence-electron chi connectivity index (χ0n) is 14.7. The second kappa shape index (κ2) is 8.28. The maximum absolute atomic E-state index is 12.4. The summed E-state index contributed by atoms with van der Waals surface area (Å²) in [5.41, 5.74) is 1.85. The number of carbonyl (C=O) groups is 2.